The van der Waals surface area contributed by atoms with E-state index in [4.69, 9.17) is 9.47 Å². The molecular weight excluding hydrogens is 129 g/mol. The lowest BCUT2D eigenvalue weighted by atomic mass is 10.4. The van der Waals surface area contributed by atoms with Crippen LogP contribution in [0.1, 0.15) is 0 Å². The smallest absolute Gasteiger partial charge is 0.122 e. The van der Waals surface area contributed by atoms with Crippen LogP contribution in [-0.4, -0.2) is 14.2 Å². The number of methoxy groups -OCH3 is 2. The van der Waals surface area contributed by atoms with Gasteiger partial charge in [-0.3, -0.25) is 0 Å². The number of hydrogen-bond acceptors (Lipinski definition) is 2. The van der Waals surface area contributed by atoms with Crippen molar-refractivity contribution in [2.75, 3.05) is 14.2 Å². The Labute approximate surface area is 60.4 Å². The second kappa shape index (κ2) is 3.11. The Morgan fingerprint density at radius 1 is 1.00 bits per heavy atom. The molecule has 1 aromatic rings. The number of benzene rings is 1. The van der Waals surface area contributed by atoms with Crippen molar-refractivity contribution in [2.45, 2.75) is 0 Å². The van der Waals surface area contributed by atoms with E-state index in [2.05, 4.69) is 0 Å². The summed E-state index contributed by atoms with van der Waals surface area (Å²) in [6.45, 7) is 0. The molecule has 0 bridgehead atoms. The number of rotatable bonds is 2. The molecule has 2 heteroatoms. The van der Waals surface area contributed by atoms with Crippen molar-refractivity contribution in [1.82, 2.24) is 0 Å². The highest BCUT2D eigenvalue weighted by Gasteiger charge is 1.91. The molecule has 0 N–H and O–H groups in total. The third-order valence-corrected chi connectivity index (χ3v) is 1.28. The molecule has 0 saturated heterocycles. The first-order valence-electron chi connectivity index (χ1n) is 3.05. The van der Waals surface area contributed by atoms with Gasteiger partial charge in [0.15, 0.2) is 0 Å². The summed E-state index contributed by atoms with van der Waals surface area (Å²) in [5, 5.41) is 0. The Kier molecular flexibility index (Phi) is 2.15. The zero-order valence-corrected chi connectivity index (χ0v) is 6.13. The van der Waals surface area contributed by atoms with E-state index >= 15 is 0 Å². The van der Waals surface area contributed by atoms with E-state index in [0.29, 0.717) is 0 Å². The van der Waals surface area contributed by atoms with Crippen LogP contribution in [-0.2, 0) is 0 Å². The molecule has 0 aliphatic carbocycles. The molecule has 0 radical (unpaired) electrons. The van der Waals surface area contributed by atoms with Gasteiger partial charge in [0.1, 0.15) is 11.5 Å². The van der Waals surface area contributed by atoms with Crippen molar-refractivity contribution >= 4 is 0 Å². The van der Waals surface area contributed by atoms with Crippen LogP contribution in [0.15, 0.2) is 24.3 Å². The third kappa shape index (κ3) is 1.41. The van der Waals surface area contributed by atoms with Crippen molar-refractivity contribution in [3.05, 3.63) is 24.3 Å². The zero-order valence-electron chi connectivity index (χ0n) is 6.13. The van der Waals surface area contributed by atoms with Gasteiger partial charge in [-0.15, -0.1) is 0 Å². The Hall–Kier alpha value is -1.18. The van der Waals surface area contributed by atoms with E-state index < -0.39 is 0 Å². The van der Waals surface area contributed by atoms with Gasteiger partial charge in [-0.1, -0.05) is 6.07 Å². The molecule has 0 fully saturated rings. The normalized spacial score (nSPS) is 9.00. The summed E-state index contributed by atoms with van der Waals surface area (Å²) in [7, 11) is 3.27. The molecule has 54 valence electrons. The fourth-order valence-electron chi connectivity index (χ4n) is 0.728. The molecule has 0 saturated carbocycles. The molecule has 0 aliphatic heterocycles. The van der Waals surface area contributed by atoms with Crippen LogP contribution in [0.3, 0.4) is 0 Å². The minimum Gasteiger partial charge on any atom is -0.497 e. The van der Waals surface area contributed by atoms with Crippen LogP contribution in [0.4, 0.5) is 0 Å². The monoisotopic (exact) mass is 139 g/mol. The fraction of sp³-hybridized carbons (Fsp3) is 0.250. The van der Waals surface area contributed by atoms with Crippen molar-refractivity contribution in [1.29, 1.82) is 0 Å². The Balaban J connectivity index is 2.87. The van der Waals surface area contributed by atoms with Crippen molar-refractivity contribution < 1.29 is 9.47 Å². The molecule has 0 amide bonds. The lowest BCUT2D eigenvalue weighted by molar-refractivity contribution is 0.394. The molecule has 0 spiro atoms. The molecule has 2 nitrogen and oxygen atoms in total. The lowest BCUT2D eigenvalue weighted by Gasteiger charge is -2.01. The maximum Gasteiger partial charge on any atom is 0.122 e. The van der Waals surface area contributed by atoms with Gasteiger partial charge in [0.25, 0.3) is 0 Å². The van der Waals surface area contributed by atoms with Gasteiger partial charge in [-0.25, -0.2) is 0 Å². The first kappa shape index (κ1) is 6.93. The summed E-state index contributed by atoms with van der Waals surface area (Å²) < 4.78 is 9.95. The highest BCUT2D eigenvalue weighted by molar-refractivity contribution is 5.32. The minimum atomic E-state index is 0.819. The van der Waals surface area contributed by atoms with Crippen LogP contribution in [0.2, 0.25) is 0 Å². The second-order valence-corrected chi connectivity index (χ2v) is 1.88. The zero-order chi connectivity index (χ0) is 7.40. The molecule has 0 aromatic heterocycles. The van der Waals surface area contributed by atoms with Crippen LogP contribution >= 0.6 is 0 Å². The van der Waals surface area contributed by atoms with Crippen LogP contribution in [0.25, 0.3) is 0 Å². The van der Waals surface area contributed by atoms with Gasteiger partial charge < -0.3 is 9.47 Å². The van der Waals surface area contributed by atoms with Crippen molar-refractivity contribution in [3.8, 4) is 11.5 Å². The van der Waals surface area contributed by atoms with Gasteiger partial charge in [0.05, 0.1) is 14.2 Å². The molecule has 1 aromatic carbocycles. The highest BCUT2D eigenvalue weighted by Crippen LogP contribution is 2.17. The predicted molar refractivity (Wildman–Crippen MR) is 39.5 cm³/mol. The summed E-state index contributed by atoms with van der Waals surface area (Å²) in [5.41, 5.74) is 0. The summed E-state index contributed by atoms with van der Waals surface area (Å²) >= 11 is 0. The van der Waals surface area contributed by atoms with Crippen LogP contribution in [0.5, 0.6) is 11.5 Å². The molecule has 0 heterocycles. The third-order valence-electron chi connectivity index (χ3n) is 1.28. The first-order valence-corrected chi connectivity index (χ1v) is 3.05. The minimum absolute atomic E-state index is 0.819. The summed E-state index contributed by atoms with van der Waals surface area (Å²) in [6.07, 6.45) is 0. The first-order chi connectivity index (χ1) is 4.86. The predicted octanol–water partition coefficient (Wildman–Crippen LogP) is 1.70. The van der Waals surface area contributed by atoms with E-state index in [0.717, 1.165) is 11.5 Å². The molecular formula is C8H10O2. The van der Waals surface area contributed by atoms with Crippen molar-refractivity contribution in [2.24, 2.45) is 0 Å². The maximum atomic E-state index is 4.98. The summed E-state index contributed by atoms with van der Waals surface area (Å²) in [6, 6.07) is 7.47. The molecule has 10 heavy (non-hydrogen) atoms. The van der Waals surface area contributed by atoms with Gasteiger partial charge in [-0.05, 0) is 12.1 Å². The maximum absolute atomic E-state index is 4.98. The van der Waals surface area contributed by atoms with Crippen LogP contribution < -0.4 is 9.47 Å². The molecule has 1 rings (SSSR count). The van der Waals surface area contributed by atoms with E-state index in [1.54, 1.807) is 14.2 Å². The average Bonchev–Trinajstić information content (AvgIpc) is 2.05. The quantitative estimate of drug-likeness (QED) is 0.621. The Bertz CT molecular complexity index is 189. The van der Waals surface area contributed by atoms with E-state index in [1.165, 1.54) is 0 Å². The Morgan fingerprint density at radius 2 is 1.50 bits per heavy atom. The van der Waals surface area contributed by atoms with E-state index in [9.17, 15) is 0 Å². The van der Waals surface area contributed by atoms with E-state index in [1.807, 2.05) is 24.3 Å². The van der Waals surface area contributed by atoms with Crippen LogP contribution in [0, 0.1) is 0 Å². The second-order valence-electron chi connectivity index (χ2n) is 1.88. The topological polar surface area (TPSA) is 18.5 Å². The van der Waals surface area contributed by atoms with Gasteiger partial charge in [0.2, 0.25) is 0 Å². The van der Waals surface area contributed by atoms with Gasteiger partial charge >= 0.3 is 0 Å². The standard InChI is InChI=1S/C8H10O2/c1-9-7-4-3-5-8(6-7)10-2/h3-6H,1-2H3/i6+1. The Morgan fingerprint density at radius 3 is 1.90 bits per heavy atom. The van der Waals surface area contributed by atoms with Gasteiger partial charge in [-0.2, -0.15) is 0 Å². The highest BCUT2D eigenvalue weighted by atomic mass is 16.5. The molecule has 0 atom stereocenters. The summed E-state index contributed by atoms with van der Waals surface area (Å²) in [5.74, 6) is 1.64. The van der Waals surface area contributed by atoms with E-state index in [-0.39, 0.29) is 0 Å². The summed E-state index contributed by atoms with van der Waals surface area (Å²) in [4.78, 5) is 0. The van der Waals surface area contributed by atoms with Gasteiger partial charge in [0, 0.05) is 6.07 Å². The molecule has 0 aliphatic rings. The largest absolute Gasteiger partial charge is 0.497 e. The molecule has 0 unspecified atom stereocenters. The SMILES string of the molecule is COc1cccc(OC)[13cH]1. The number of hydrogen-bond donors (Lipinski definition) is 0. The fourth-order valence-corrected chi connectivity index (χ4v) is 0.728. The average molecular weight is 139 g/mol. The van der Waals surface area contributed by atoms with Crippen molar-refractivity contribution in [3.63, 3.8) is 0 Å². The number of ether oxygens (including phenoxy) is 2. The lowest BCUT2D eigenvalue weighted by Crippen LogP contribution is -1.84.